The first-order valence-electron chi connectivity index (χ1n) is 8.97. The van der Waals surface area contributed by atoms with E-state index in [4.69, 9.17) is 4.42 Å². The molecule has 0 saturated heterocycles. The Balaban J connectivity index is 1.80. The van der Waals surface area contributed by atoms with E-state index < -0.39 is 11.6 Å². The predicted octanol–water partition coefficient (Wildman–Crippen LogP) is 4.70. The van der Waals surface area contributed by atoms with Crippen LogP contribution in [0.2, 0.25) is 0 Å². The number of benzene rings is 2. The second-order valence-electron chi connectivity index (χ2n) is 6.47. The molecule has 0 aliphatic carbocycles. The Morgan fingerprint density at radius 3 is 2.38 bits per heavy atom. The fourth-order valence-corrected chi connectivity index (χ4v) is 2.99. The highest BCUT2D eigenvalue weighted by molar-refractivity contribution is 5.96. The minimum absolute atomic E-state index is 0.348. The Bertz CT molecular complexity index is 1250. The molecule has 6 heteroatoms. The van der Waals surface area contributed by atoms with Crippen molar-refractivity contribution in [2.24, 2.45) is 0 Å². The summed E-state index contributed by atoms with van der Waals surface area (Å²) in [5.41, 5.74) is 1.12. The summed E-state index contributed by atoms with van der Waals surface area (Å²) in [5, 5.41) is 0. The zero-order valence-electron chi connectivity index (χ0n) is 15.6. The lowest BCUT2D eigenvalue weighted by molar-refractivity contribution is 0.0967. The first-order valence-corrected chi connectivity index (χ1v) is 8.97. The lowest BCUT2D eigenvalue weighted by atomic mass is 10.2. The summed E-state index contributed by atoms with van der Waals surface area (Å²) in [6.45, 7) is 1.79. The van der Waals surface area contributed by atoms with Gasteiger partial charge in [0.25, 0.3) is 5.91 Å². The number of aryl methyl sites for hydroxylation is 1. The standard InChI is InChI=1S/C23H17FN2O3/c1-16-7-13-21(29-16)20-15-25(19-5-3-2-4-6-19)23(28)26(20)22(27)14-10-17-8-11-18(24)12-9-17/h2-15H,1H3/b14-10+. The highest BCUT2D eigenvalue weighted by atomic mass is 19.1. The molecule has 2 heterocycles. The Labute approximate surface area is 166 Å². The molecule has 0 radical (unpaired) electrons. The van der Waals surface area contributed by atoms with E-state index in [9.17, 15) is 14.0 Å². The molecule has 29 heavy (non-hydrogen) atoms. The van der Waals surface area contributed by atoms with E-state index in [0.29, 0.717) is 28.5 Å². The van der Waals surface area contributed by atoms with Crippen LogP contribution in [0, 0.1) is 12.7 Å². The second-order valence-corrected chi connectivity index (χ2v) is 6.47. The van der Waals surface area contributed by atoms with E-state index in [2.05, 4.69) is 0 Å². The van der Waals surface area contributed by atoms with Crippen LogP contribution in [-0.4, -0.2) is 15.0 Å². The van der Waals surface area contributed by atoms with Gasteiger partial charge in [0, 0.05) is 12.3 Å². The van der Waals surface area contributed by atoms with Crippen molar-refractivity contribution in [2.75, 3.05) is 0 Å². The van der Waals surface area contributed by atoms with Crippen molar-refractivity contribution in [3.8, 4) is 17.1 Å². The molecule has 2 aromatic carbocycles. The highest BCUT2D eigenvalue weighted by Gasteiger charge is 2.20. The van der Waals surface area contributed by atoms with E-state index in [-0.39, 0.29) is 5.82 Å². The van der Waals surface area contributed by atoms with Gasteiger partial charge in [-0.1, -0.05) is 30.3 Å². The number of carbonyl (C=O) groups excluding carboxylic acids is 1. The number of hydrogen-bond acceptors (Lipinski definition) is 3. The van der Waals surface area contributed by atoms with Crippen LogP contribution < -0.4 is 5.69 Å². The van der Waals surface area contributed by atoms with E-state index in [1.54, 1.807) is 49.5 Å². The van der Waals surface area contributed by atoms with Crippen molar-refractivity contribution in [3.05, 3.63) is 107 Å². The summed E-state index contributed by atoms with van der Waals surface area (Å²) < 4.78 is 21.2. The maximum absolute atomic E-state index is 13.1. The summed E-state index contributed by atoms with van der Waals surface area (Å²) in [5.74, 6) is 0.191. The molecular formula is C23H17FN2O3. The smallest absolute Gasteiger partial charge is 0.340 e. The lowest BCUT2D eigenvalue weighted by Crippen LogP contribution is -2.27. The van der Waals surface area contributed by atoms with Crippen molar-refractivity contribution in [3.63, 3.8) is 0 Å². The Morgan fingerprint density at radius 1 is 1.00 bits per heavy atom. The van der Waals surface area contributed by atoms with Crippen LogP contribution in [-0.2, 0) is 0 Å². The van der Waals surface area contributed by atoms with Gasteiger partial charge in [0.1, 0.15) is 17.3 Å². The van der Waals surface area contributed by atoms with E-state index >= 15 is 0 Å². The number of para-hydroxylation sites is 1. The maximum Gasteiger partial charge on any atom is 0.340 e. The van der Waals surface area contributed by atoms with Gasteiger partial charge in [0.05, 0.1) is 5.69 Å². The van der Waals surface area contributed by atoms with Crippen LogP contribution in [0.25, 0.3) is 23.2 Å². The molecule has 0 saturated carbocycles. The average Bonchev–Trinajstić information content (AvgIpc) is 3.31. The number of halogens is 1. The molecule has 144 valence electrons. The molecule has 0 spiro atoms. The molecule has 0 bridgehead atoms. The molecule has 4 aromatic rings. The fraction of sp³-hybridized carbons (Fsp3) is 0.0435. The zero-order chi connectivity index (χ0) is 20.4. The van der Waals surface area contributed by atoms with Gasteiger partial charge in [-0.05, 0) is 55.0 Å². The van der Waals surface area contributed by atoms with Gasteiger partial charge in [-0.25, -0.2) is 13.8 Å². The lowest BCUT2D eigenvalue weighted by Gasteiger charge is -2.01. The SMILES string of the molecule is Cc1ccc(-c2cn(-c3ccccc3)c(=O)n2C(=O)/C=C/c2ccc(F)cc2)o1. The van der Waals surface area contributed by atoms with Crippen molar-refractivity contribution >= 4 is 12.0 Å². The first kappa shape index (κ1) is 18.4. The molecule has 0 aliphatic heterocycles. The third-order valence-corrected chi connectivity index (χ3v) is 4.43. The van der Waals surface area contributed by atoms with Crippen molar-refractivity contribution in [2.45, 2.75) is 6.92 Å². The third kappa shape index (κ3) is 3.73. The minimum Gasteiger partial charge on any atom is -0.460 e. The molecule has 5 nitrogen and oxygen atoms in total. The number of hydrogen-bond donors (Lipinski definition) is 0. The molecule has 0 aliphatic rings. The van der Waals surface area contributed by atoms with Crippen LogP contribution in [0.15, 0.2) is 88.2 Å². The highest BCUT2D eigenvalue weighted by Crippen LogP contribution is 2.22. The average molecular weight is 388 g/mol. The number of imidazole rings is 1. The van der Waals surface area contributed by atoms with Crippen LogP contribution in [0.4, 0.5) is 4.39 Å². The van der Waals surface area contributed by atoms with Crippen LogP contribution in [0.5, 0.6) is 0 Å². The summed E-state index contributed by atoms with van der Waals surface area (Å²) >= 11 is 0. The Kier molecular flexibility index (Phi) is 4.83. The fourth-order valence-electron chi connectivity index (χ4n) is 2.99. The van der Waals surface area contributed by atoms with Gasteiger partial charge in [-0.3, -0.25) is 9.36 Å². The topological polar surface area (TPSA) is 57.1 Å². The summed E-state index contributed by atoms with van der Waals surface area (Å²) in [6.07, 6.45) is 4.40. The van der Waals surface area contributed by atoms with Crippen LogP contribution in [0.3, 0.4) is 0 Å². The Hall–Kier alpha value is -3.93. The van der Waals surface area contributed by atoms with Crippen molar-refractivity contribution in [1.29, 1.82) is 0 Å². The Morgan fingerprint density at radius 2 is 1.72 bits per heavy atom. The monoisotopic (exact) mass is 388 g/mol. The molecule has 0 atom stereocenters. The summed E-state index contributed by atoms with van der Waals surface area (Å²) in [7, 11) is 0. The first-order chi connectivity index (χ1) is 14.0. The zero-order valence-corrected chi connectivity index (χ0v) is 15.6. The van der Waals surface area contributed by atoms with E-state index in [1.807, 2.05) is 18.2 Å². The number of furan rings is 1. The molecule has 0 amide bonds. The van der Waals surface area contributed by atoms with E-state index in [1.165, 1.54) is 28.9 Å². The quantitative estimate of drug-likeness (QED) is 0.476. The number of nitrogens with zero attached hydrogens (tertiary/aromatic N) is 2. The molecule has 0 fully saturated rings. The summed E-state index contributed by atoms with van der Waals surface area (Å²) in [6, 6.07) is 18.2. The van der Waals surface area contributed by atoms with Crippen LogP contribution >= 0.6 is 0 Å². The van der Waals surface area contributed by atoms with Gasteiger partial charge in [-0.15, -0.1) is 0 Å². The number of rotatable bonds is 4. The normalized spacial score (nSPS) is 11.2. The predicted molar refractivity (Wildman–Crippen MR) is 109 cm³/mol. The maximum atomic E-state index is 13.1. The second kappa shape index (κ2) is 7.59. The number of aromatic nitrogens is 2. The van der Waals surface area contributed by atoms with Crippen molar-refractivity contribution in [1.82, 2.24) is 9.13 Å². The number of allylic oxidation sites excluding steroid dienone is 1. The molecular weight excluding hydrogens is 371 g/mol. The van der Waals surface area contributed by atoms with Gasteiger partial charge in [0.15, 0.2) is 5.76 Å². The molecule has 0 unspecified atom stereocenters. The van der Waals surface area contributed by atoms with Gasteiger partial charge >= 0.3 is 5.69 Å². The van der Waals surface area contributed by atoms with E-state index in [0.717, 1.165) is 4.57 Å². The largest absolute Gasteiger partial charge is 0.460 e. The van der Waals surface area contributed by atoms with Crippen LogP contribution in [0.1, 0.15) is 16.1 Å². The number of carbonyl (C=O) groups is 1. The molecule has 4 rings (SSSR count). The summed E-state index contributed by atoms with van der Waals surface area (Å²) in [4.78, 5) is 25.9. The van der Waals surface area contributed by atoms with Gasteiger partial charge in [-0.2, -0.15) is 0 Å². The van der Waals surface area contributed by atoms with Gasteiger partial charge in [0.2, 0.25) is 0 Å². The van der Waals surface area contributed by atoms with Crippen molar-refractivity contribution < 1.29 is 13.6 Å². The molecule has 0 N–H and O–H groups in total. The third-order valence-electron chi connectivity index (χ3n) is 4.43. The molecule has 2 aromatic heterocycles. The van der Waals surface area contributed by atoms with Gasteiger partial charge < -0.3 is 4.42 Å². The minimum atomic E-state index is -0.530.